The average molecular weight is 448 g/mol. The van der Waals surface area contributed by atoms with Crippen molar-refractivity contribution in [1.82, 2.24) is 0 Å². The van der Waals surface area contributed by atoms with E-state index in [4.69, 9.17) is 18.9 Å². The third-order valence-corrected chi connectivity index (χ3v) is 6.15. The molecular formula is C23H28O9. The minimum absolute atomic E-state index is 0.00128. The van der Waals surface area contributed by atoms with Crippen LogP contribution in [0.25, 0.3) is 0 Å². The van der Waals surface area contributed by atoms with Gasteiger partial charge < -0.3 is 24.1 Å². The Labute approximate surface area is 186 Å². The van der Waals surface area contributed by atoms with Gasteiger partial charge in [-0.1, -0.05) is 26.7 Å². The van der Waals surface area contributed by atoms with Crippen LogP contribution in [-0.2, 0) is 38.1 Å². The van der Waals surface area contributed by atoms with Crippen LogP contribution < -0.4 is 0 Å². The molecule has 2 heterocycles. The number of ether oxygens (including phenoxy) is 4. The summed E-state index contributed by atoms with van der Waals surface area (Å²) in [6.07, 6.45) is -5.09. The first-order valence-electron chi connectivity index (χ1n) is 10.3. The molecule has 0 aromatic rings. The molecule has 0 spiro atoms. The van der Waals surface area contributed by atoms with Crippen LogP contribution in [0.3, 0.4) is 0 Å². The Hall–Kier alpha value is -2.78. The minimum Gasteiger partial charge on any atom is -0.458 e. The number of hydrogen-bond donors (Lipinski definition) is 1. The number of carbonyl (C=O) groups is 4. The zero-order chi connectivity index (χ0) is 24.1. The molecule has 1 aliphatic carbocycles. The molecule has 2 saturated heterocycles. The molecule has 174 valence electrons. The highest BCUT2D eigenvalue weighted by Gasteiger charge is 2.63. The van der Waals surface area contributed by atoms with E-state index >= 15 is 0 Å². The minimum atomic E-state index is -2.32. The summed E-state index contributed by atoms with van der Waals surface area (Å²) in [5, 5.41) is 11.3. The number of hydrogen-bond acceptors (Lipinski definition) is 9. The van der Waals surface area contributed by atoms with Gasteiger partial charge in [-0.3, -0.25) is 4.79 Å². The molecule has 2 aliphatic heterocycles. The van der Waals surface area contributed by atoms with Crippen molar-refractivity contribution < 1.29 is 43.2 Å². The summed E-state index contributed by atoms with van der Waals surface area (Å²) in [5.74, 6) is -4.38. The van der Waals surface area contributed by atoms with Crippen molar-refractivity contribution in [2.45, 2.75) is 70.2 Å². The fourth-order valence-corrected chi connectivity index (χ4v) is 4.21. The molecule has 1 N–H and O–H groups in total. The summed E-state index contributed by atoms with van der Waals surface area (Å²) in [4.78, 5) is 50.5. The number of ketones is 1. The number of epoxide rings is 1. The maximum Gasteiger partial charge on any atom is 0.334 e. The number of carbonyl (C=O) groups excluding carboxylic acids is 4. The van der Waals surface area contributed by atoms with E-state index in [1.807, 2.05) is 6.92 Å². The molecule has 32 heavy (non-hydrogen) atoms. The van der Waals surface area contributed by atoms with Gasteiger partial charge in [-0.05, 0) is 33.1 Å². The lowest BCUT2D eigenvalue weighted by atomic mass is 9.75. The summed E-state index contributed by atoms with van der Waals surface area (Å²) < 4.78 is 22.1. The van der Waals surface area contributed by atoms with Gasteiger partial charge in [-0.15, -0.1) is 0 Å². The molecule has 9 heteroatoms. The van der Waals surface area contributed by atoms with Crippen LogP contribution in [0, 0.1) is 11.8 Å². The van der Waals surface area contributed by atoms with Gasteiger partial charge in [0.15, 0.2) is 23.6 Å². The van der Waals surface area contributed by atoms with Crippen molar-refractivity contribution in [3.05, 3.63) is 36.5 Å². The second kappa shape index (κ2) is 8.29. The van der Waals surface area contributed by atoms with Crippen molar-refractivity contribution in [3.63, 3.8) is 0 Å². The molecule has 9 nitrogen and oxygen atoms in total. The zero-order valence-electron chi connectivity index (χ0n) is 18.6. The van der Waals surface area contributed by atoms with Gasteiger partial charge in [-0.25, -0.2) is 14.4 Å². The van der Waals surface area contributed by atoms with Crippen LogP contribution in [-0.4, -0.2) is 64.9 Å². The van der Waals surface area contributed by atoms with Gasteiger partial charge >= 0.3 is 17.9 Å². The highest BCUT2D eigenvalue weighted by molar-refractivity contribution is 5.95. The second-order valence-corrected chi connectivity index (χ2v) is 9.00. The van der Waals surface area contributed by atoms with Crippen molar-refractivity contribution >= 4 is 23.7 Å². The molecule has 0 bridgehead atoms. The monoisotopic (exact) mass is 448 g/mol. The van der Waals surface area contributed by atoms with E-state index in [0.29, 0.717) is 0 Å². The van der Waals surface area contributed by atoms with E-state index in [1.165, 1.54) is 13.8 Å². The van der Waals surface area contributed by atoms with Crippen molar-refractivity contribution in [2.75, 3.05) is 0 Å². The highest BCUT2D eigenvalue weighted by atomic mass is 16.6. The summed E-state index contributed by atoms with van der Waals surface area (Å²) in [6, 6.07) is 0. The predicted octanol–water partition coefficient (Wildman–Crippen LogP) is 1.19. The molecule has 3 aliphatic rings. The first-order valence-corrected chi connectivity index (χ1v) is 10.3. The van der Waals surface area contributed by atoms with Crippen LogP contribution in [0.1, 0.15) is 34.1 Å². The van der Waals surface area contributed by atoms with E-state index in [-0.39, 0.29) is 29.1 Å². The van der Waals surface area contributed by atoms with E-state index in [9.17, 15) is 24.3 Å². The Bertz CT molecular complexity index is 914. The van der Waals surface area contributed by atoms with Crippen LogP contribution in [0.4, 0.5) is 0 Å². The Morgan fingerprint density at radius 3 is 2.25 bits per heavy atom. The lowest BCUT2D eigenvalue weighted by molar-refractivity contribution is -0.195. The third kappa shape index (κ3) is 4.14. The van der Waals surface area contributed by atoms with Crippen molar-refractivity contribution in [2.24, 2.45) is 11.8 Å². The summed E-state index contributed by atoms with van der Waals surface area (Å²) in [6.45, 7) is 16.6. The topological polar surface area (TPSA) is 129 Å². The van der Waals surface area contributed by atoms with Crippen LogP contribution in [0.15, 0.2) is 36.5 Å². The Balaban J connectivity index is 2.16. The molecule has 0 radical (unpaired) electrons. The molecule has 3 rings (SSSR count). The molecule has 1 saturated carbocycles. The van der Waals surface area contributed by atoms with Gasteiger partial charge in [-0.2, -0.15) is 0 Å². The zero-order valence-corrected chi connectivity index (χ0v) is 18.6. The smallest absolute Gasteiger partial charge is 0.334 e. The Kier molecular flexibility index (Phi) is 6.19. The maximum absolute atomic E-state index is 13.2. The van der Waals surface area contributed by atoms with Gasteiger partial charge in [0, 0.05) is 16.7 Å². The Morgan fingerprint density at radius 2 is 1.69 bits per heavy atom. The van der Waals surface area contributed by atoms with Gasteiger partial charge in [0.05, 0.1) is 12.0 Å². The maximum atomic E-state index is 13.2. The first-order chi connectivity index (χ1) is 14.8. The largest absolute Gasteiger partial charge is 0.458 e. The summed E-state index contributed by atoms with van der Waals surface area (Å²) >= 11 is 0. The third-order valence-electron chi connectivity index (χ3n) is 6.15. The van der Waals surface area contributed by atoms with Crippen LogP contribution in [0.2, 0.25) is 0 Å². The van der Waals surface area contributed by atoms with E-state index in [1.54, 1.807) is 0 Å². The van der Waals surface area contributed by atoms with Crippen LogP contribution >= 0.6 is 0 Å². The van der Waals surface area contributed by atoms with Gasteiger partial charge in [0.2, 0.25) is 0 Å². The molecule has 0 aromatic carbocycles. The number of aliphatic hydroxyl groups is 1. The van der Waals surface area contributed by atoms with E-state index < -0.39 is 65.7 Å². The SMILES string of the molecule is C=C(C)C(=O)O[C@H]1[C@@H]2C(=C)C(=O)O[C@@H]2C[C@@H](C)[C@@H]2O[C@@H]2C(=O)[C@](C)(O)[C@H]1OC(=O)C(=C)C. The van der Waals surface area contributed by atoms with Gasteiger partial charge in [0.1, 0.15) is 12.2 Å². The summed E-state index contributed by atoms with van der Waals surface area (Å²) in [7, 11) is 0. The molecular weight excluding hydrogens is 420 g/mol. The summed E-state index contributed by atoms with van der Waals surface area (Å²) in [5.41, 5.74) is -2.31. The molecule has 0 aromatic heterocycles. The Morgan fingerprint density at radius 1 is 1.12 bits per heavy atom. The molecule has 0 amide bonds. The number of rotatable bonds is 4. The van der Waals surface area contributed by atoms with Crippen molar-refractivity contribution in [1.29, 1.82) is 0 Å². The standard InChI is InChI=1S/C23H28O9/c1-9(2)20(25)31-16-14-12(6)22(27)29-13(14)8-11(5)15-17(30-15)18(24)23(7,28)19(16)32-21(26)10(3)4/h11,13-17,19,28H,1,3,6,8H2,2,4-5,7H3/t11-,13-,14-,15+,16+,17+,19+,23+/m1/s1. The fraction of sp³-hybridized carbons (Fsp3) is 0.565. The average Bonchev–Trinajstić information content (AvgIpc) is 3.45. The van der Waals surface area contributed by atoms with E-state index in [0.717, 1.165) is 6.92 Å². The quantitative estimate of drug-likeness (QED) is 0.292. The molecule has 3 fully saturated rings. The van der Waals surface area contributed by atoms with E-state index in [2.05, 4.69) is 19.7 Å². The number of esters is 3. The van der Waals surface area contributed by atoms with Crippen LogP contribution in [0.5, 0.6) is 0 Å². The molecule has 0 unspecified atom stereocenters. The number of Topliss-reactive ketones (excluding diaryl/α,β-unsaturated/α-hetero) is 1. The lowest BCUT2D eigenvalue weighted by Gasteiger charge is -2.40. The second-order valence-electron chi connectivity index (χ2n) is 9.00. The molecule has 8 atom stereocenters. The lowest BCUT2D eigenvalue weighted by Crippen LogP contribution is -2.60. The van der Waals surface area contributed by atoms with Gasteiger partial charge in [0.25, 0.3) is 0 Å². The number of fused-ring (bicyclic) bond motifs is 2. The normalized spacial score (nSPS) is 38.7. The highest BCUT2D eigenvalue weighted by Crippen LogP contribution is 2.45. The van der Waals surface area contributed by atoms with Crippen molar-refractivity contribution in [3.8, 4) is 0 Å². The first kappa shape index (κ1) is 23.9. The fourth-order valence-electron chi connectivity index (χ4n) is 4.21. The predicted molar refractivity (Wildman–Crippen MR) is 110 cm³/mol.